The fourth-order valence-corrected chi connectivity index (χ4v) is 1.77. The molecule has 1 atom stereocenters. The molecule has 1 unspecified atom stereocenters. The molecule has 1 rings (SSSR count). The summed E-state index contributed by atoms with van der Waals surface area (Å²) in [6, 6.07) is 1.77. The molecule has 2 nitrogen and oxygen atoms in total. The molecule has 0 saturated carbocycles. The molecular weight excluding hydrogens is 230 g/mol. The minimum Gasteiger partial charge on any atom is -0.492 e. The van der Waals surface area contributed by atoms with Crippen LogP contribution in [0.5, 0.6) is 5.75 Å². The van der Waals surface area contributed by atoms with E-state index in [1.54, 1.807) is 18.5 Å². The van der Waals surface area contributed by atoms with Gasteiger partial charge < -0.3 is 4.74 Å². The molecule has 15 heavy (non-hydrogen) atoms. The second-order valence-electron chi connectivity index (χ2n) is 3.49. The number of aromatic nitrogens is 1. The van der Waals surface area contributed by atoms with E-state index >= 15 is 0 Å². The van der Waals surface area contributed by atoms with Crippen molar-refractivity contribution in [3.63, 3.8) is 0 Å². The van der Waals surface area contributed by atoms with E-state index in [9.17, 15) is 0 Å². The van der Waals surface area contributed by atoms with Crippen molar-refractivity contribution >= 4 is 24.2 Å². The van der Waals surface area contributed by atoms with Crippen LogP contribution in [0.15, 0.2) is 18.5 Å². The maximum Gasteiger partial charge on any atom is 0.139 e. The van der Waals surface area contributed by atoms with Gasteiger partial charge in [0.2, 0.25) is 0 Å². The number of hydrogen-bond donors (Lipinski definition) is 1. The molecule has 0 N–H and O–H groups in total. The van der Waals surface area contributed by atoms with Crippen molar-refractivity contribution in [1.29, 1.82) is 0 Å². The highest BCUT2D eigenvalue weighted by atomic mass is 35.5. The number of halogens is 1. The number of ether oxygens (including phenoxy) is 1. The highest BCUT2D eigenvalue weighted by molar-refractivity contribution is 7.80. The van der Waals surface area contributed by atoms with Gasteiger partial charge in [0, 0.05) is 18.2 Å². The maximum atomic E-state index is 5.80. The molecule has 0 aliphatic heterocycles. The maximum absolute atomic E-state index is 5.80. The minimum atomic E-state index is 0.498. The average molecular weight is 246 g/mol. The van der Waals surface area contributed by atoms with Gasteiger partial charge in [-0.2, -0.15) is 12.6 Å². The first kappa shape index (κ1) is 12.7. The van der Waals surface area contributed by atoms with Crippen LogP contribution in [0.2, 0.25) is 5.02 Å². The number of pyridine rings is 1. The number of thiol groups is 1. The molecule has 0 radical (unpaired) electrons. The Hall–Kier alpha value is -0.410. The lowest BCUT2D eigenvalue weighted by Gasteiger charge is -2.14. The zero-order chi connectivity index (χ0) is 11.1. The monoisotopic (exact) mass is 245 g/mol. The summed E-state index contributed by atoms with van der Waals surface area (Å²) in [4.78, 5) is 3.96. The zero-order valence-electron chi connectivity index (χ0n) is 8.82. The summed E-state index contributed by atoms with van der Waals surface area (Å²) in [6.45, 7) is 2.84. The highest BCUT2D eigenvalue weighted by Crippen LogP contribution is 2.17. The molecule has 1 aromatic rings. The van der Waals surface area contributed by atoms with E-state index < -0.39 is 0 Å². The van der Waals surface area contributed by atoms with Crippen molar-refractivity contribution in [2.45, 2.75) is 19.8 Å². The molecule has 0 fully saturated rings. The normalized spacial score (nSPS) is 12.5. The Morgan fingerprint density at radius 1 is 1.53 bits per heavy atom. The molecule has 0 aromatic carbocycles. The highest BCUT2D eigenvalue weighted by Gasteiger charge is 2.06. The fourth-order valence-electron chi connectivity index (χ4n) is 1.32. The first-order valence-electron chi connectivity index (χ1n) is 5.10. The summed E-state index contributed by atoms with van der Waals surface area (Å²) < 4.78 is 5.60. The van der Waals surface area contributed by atoms with E-state index in [4.69, 9.17) is 16.3 Å². The summed E-state index contributed by atoms with van der Waals surface area (Å²) in [7, 11) is 0. The molecule has 4 heteroatoms. The lowest BCUT2D eigenvalue weighted by Crippen LogP contribution is -2.13. The molecule has 0 aliphatic rings. The Balaban J connectivity index is 2.41. The second-order valence-corrected chi connectivity index (χ2v) is 4.29. The first-order chi connectivity index (χ1) is 7.26. The third-order valence-electron chi connectivity index (χ3n) is 2.12. The van der Waals surface area contributed by atoms with Crippen LogP contribution >= 0.6 is 24.2 Å². The molecular formula is C11H16ClNOS. The Kier molecular flexibility index (Phi) is 5.88. The van der Waals surface area contributed by atoms with Gasteiger partial charge in [-0.3, -0.25) is 4.98 Å². The van der Waals surface area contributed by atoms with Crippen LogP contribution in [0, 0.1) is 5.92 Å². The van der Waals surface area contributed by atoms with E-state index in [-0.39, 0.29) is 0 Å². The van der Waals surface area contributed by atoms with Crippen LogP contribution < -0.4 is 4.74 Å². The lowest BCUT2D eigenvalue weighted by atomic mass is 10.1. The van der Waals surface area contributed by atoms with E-state index in [2.05, 4.69) is 24.5 Å². The van der Waals surface area contributed by atoms with Gasteiger partial charge in [0.15, 0.2) is 0 Å². The Morgan fingerprint density at radius 2 is 2.33 bits per heavy atom. The minimum absolute atomic E-state index is 0.498. The van der Waals surface area contributed by atoms with Crippen LogP contribution in [0.1, 0.15) is 19.8 Å². The van der Waals surface area contributed by atoms with Crippen molar-refractivity contribution in [2.24, 2.45) is 5.92 Å². The van der Waals surface area contributed by atoms with E-state index in [1.165, 1.54) is 0 Å². The smallest absolute Gasteiger partial charge is 0.139 e. The third kappa shape index (κ3) is 4.76. The van der Waals surface area contributed by atoms with Gasteiger partial charge in [-0.05, 0) is 12.2 Å². The molecule has 0 bridgehead atoms. The van der Waals surface area contributed by atoms with Gasteiger partial charge in [0.25, 0.3) is 0 Å². The zero-order valence-corrected chi connectivity index (χ0v) is 10.5. The summed E-state index contributed by atoms with van der Waals surface area (Å²) >= 11 is 10.1. The van der Waals surface area contributed by atoms with Gasteiger partial charge in [-0.25, -0.2) is 0 Å². The van der Waals surface area contributed by atoms with Gasteiger partial charge in [-0.1, -0.05) is 24.9 Å². The van der Waals surface area contributed by atoms with E-state index in [0.29, 0.717) is 17.5 Å². The van der Waals surface area contributed by atoms with Gasteiger partial charge in [0.05, 0.1) is 17.8 Å². The van der Waals surface area contributed by atoms with E-state index in [0.717, 1.165) is 24.3 Å². The summed E-state index contributed by atoms with van der Waals surface area (Å²) in [5, 5.41) is 0.602. The molecule has 1 aromatic heterocycles. The topological polar surface area (TPSA) is 22.1 Å². The second kappa shape index (κ2) is 6.96. The molecule has 1 heterocycles. The molecule has 0 aliphatic carbocycles. The fraction of sp³-hybridized carbons (Fsp3) is 0.545. The Morgan fingerprint density at radius 3 is 2.93 bits per heavy atom. The van der Waals surface area contributed by atoms with Crippen LogP contribution in [-0.2, 0) is 0 Å². The average Bonchev–Trinajstić information content (AvgIpc) is 2.24. The van der Waals surface area contributed by atoms with Crippen LogP contribution in [0.3, 0.4) is 0 Å². The quantitative estimate of drug-likeness (QED) is 0.776. The van der Waals surface area contributed by atoms with Crippen LogP contribution in [0.4, 0.5) is 0 Å². The largest absolute Gasteiger partial charge is 0.492 e. The SMILES string of the molecule is CCCC(CS)COc1cncc(Cl)c1. The van der Waals surface area contributed by atoms with Crippen molar-refractivity contribution in [3.8, 4) is 5.75 Å². The summed E-state index contributed by atoms with van der Waals surface area (Å²) in [5.41, 5.74) is 0. The number of rotatable bonds is 6. The van der Waals surface area contributed by atoms with Gasteiger partial charge in [-0.15, -0.1) is 0 Å². The third-order valence-corrected chi connectivity index (χ3v) is 2.84. The predicted molar refractivity (Wildman–Crippen MR) is 67.0 cm³/mol. The van der Waals surface area contributed by atoms with Crippen molar-refractivity contribution in [1.82, 2.24) is 4.98 Å². The Bertz CT molecular complexity index is 296. The summed E-state index contributed by atoms with van der Waals surface area (Å²) in [5.74, 6) is 2.07. The molecule has 0 spiro atoms. The van der Waals surface area contributed by atoms with Crippen LogP contribution in [0.25, 0.3) is 0 Å². The Labute approximate surface area is 101 Å². The number of nitrogens with zero attached hydrogens (tertiary/aromatic N) is 1. The lowest BCUT2D eigenvalue weighted by molar-refractivity contribution is 0.254. The van der Waals surface area contributed by atoms with Crippen molar-refractivity contribution in [2.75, 3.05) is 12.4 Å². The molecule has 0 amide bonds. The van der Waals surface area contributed by atoms with Crippen molar-refractivity contribution < 1.29 is 4.74 Å². The van der Waals surface area contributed by atoms with Gasteiger partial charge >= 0.3 is 0 Å². The standard InChI is InChI=1S/C11H16ClNOS/c1-2-3-9(8-15)7-14-11-4-10(12)5-13-6-11/h4-6,9,15H,2-3,7-8H2,1H3. The van der Waals surface area contributed by atoms with Crippen molar-refractivity contribution in [3.05, 3.63) is 23.5 Å². The summed E-state index contributed by atoms with van der Waals surface area (Å²) in [6.07, 6.45) is 5.56. The van der Waals surface area contributed by atoms with Crippen LogP contribution in [-0.4, -0.2) is 17.3 Å². The molecule has 0 saturated heterocycles. The first-order valence-corrected chi connectivity index (χ1v) is 6.11. The van der Waals surface area contributed by atoms with Gasteiger partial charge in [0.1, 0.15) is 5.75 Å². The van der Waals surface area contributed by atoms with E-state index in [1.807, 2.05) is 0 Å². The number of hydrogen-bond acceptors (Lipinski definition) is 3. The predicted octanol–water partition coefficient (Wildman–Crippen LogP) is 3.46. The molecule has 84 valence electrons.